The second kappa shape index (κ2) is 2.80. The molecule has 0 aromatic carbocycles. The molecule has 0 aliphatic heterocycles. The average molecular weight is 153 g/mol. The minimum absolute atomic E-state index is 0.297. The fourth-order valence-corrected chi connectivity index (χ4v) is 1.22. The molecule has 0 aromatic heterocycles. The van der Waals surface area contributed by atoms with E-state index in [1.54, 1.807) is 0 Å². The minimum Gasteiger partial charge on any atom is -0.378 e. The molecule has 0 unspecified atom stereocenters. The minimum atomic E-state index is -0.779. The van der Waals surface area contributed by atoms with Crippen molar-refractivity contribution in [2.75, 3.05) is 0 Å². The Morgan fingerprint density at radius 3 is 2.55 bits per heavy atom. The SMILES string of the molecule is C[C@@H]1C=CC=C[C@@]1(C)[C@@H](N)O. The number of aliphatic hydroxyl groups excluding tert-OH is 1. The third-order valence-corrected chi connectivity index (χ3v) is 2.58. The molecule has 0 aromatic rings. The molecule has 2 nitrogen and oxygen atoms in total. The largest absolute Gasteiger partial charge is 0.378 e. The smallest absolute Gasteiger partial charge is 0.111 e. The monoisotopic (exact) mass is 153 g/mol. The van der Waals surface area contributed by atoms with E-state index in [1.165, 1.54) is 0 Å². The van der Waals surface area contributed by atoms with Crippen LogP contribution in [0.4, 0.5) is 0 Å². The quantitative estimate of drug-likeness (QED) is 0.553. The molecular formula is C9H15NO. The summed E-state index contributed by atoms with van der Waals surface area (Å²) in [4.78, 5) is 0. The number of hydrogen-bond acceptors (Lipinski definition) is 2. The number of aliphatic hydroxyl groups is 1. The lowest BCUT2D eigenvalue weighted by Gasteiger charge is -2.35. The summed E-state index contributed by atoms with van der Waals surface area (Å²) < 4.78 is 0. The van der Waals surface area contributed by atoms with Crippen LogP contribution in [0.3, 0.4) is 0 Å². The van der Waals surface area contributed by atoms with Gasteiger partial charge in [0.1, 0.15) is 6.23 Å². The second-order valence-electron chi connectivity index (χ2n) is 3.34. The summed E-state index contributed by atoms with van der Waals surface area (Å²) in [5, 5.41) is 9.30. The van der Waals surface area contributed by atoms with Crippen molar-refractivity contribution in [1.82, 2.24) is 0 Å². The Hall–Kier alpha value is -0.600. The maximum absolute atomic E-state index is 9.30. The van der Waals surface area contributed by atoms with E-state index in [4.69, 9.17) is 5.73 Å². The fourth-order valence-electron chi connectivity index (χ4n) is 1.22. The highest BCUT2D eigenvalue weighted by molar-refractivity contribution is 5.19. The Bertz CT molecular complexity index is 196. The number of nitrogens with two attached hydrogens (primary N) is 1. The van der Waals surface area contributed by atoms with Crippen molar-refractivity contribution >= 4 is 0 Å². The van der Waals surface area contributed by atoms with Gasteiger partial charge in [-0.25, -0.2) is 0 Å². The Balaban J connectivity index is 2.85. The first-order chi connectivity index (χ1) is 5.07. The van der Waals surface area contributed by atoms with Crippen LogP contribution in [-0.4, -0.2) is 11.3 Å². The summed E-state index contributed by atoms with van der Waals surface area (Å²) in [7, 11) is 0. The molecule has 0 radical (unpaired) electrons. The standard InChI is InChI=1S/C9H15NO/c1-7-5-3-4-6-9(7,2)8(10)11/h3-8,11H,10H2,1-2H3/t7-,8+,9-/m1/s1. The lowest BCUT2D eigenvalue weighted by atomic mass is 9.74. The van der Waals surface area contributed by atoms with Gasteiger partial charge in [-0.1, -0.05) is 38.2 Å². The highest BCUT2D eigenvalue weighted by Gasteiger charge is 2.33. The van der Waals surface area contributed by atoms with Crippen LogP contribution in [0, 0.1) is 11.3 Å². The summed E-state index contributed by atoms with van der Waals surface area (Å²) in [5.74, 6) is 0.299. The number of rotatable bonds is 1. The van der Waals surface area contributed by atoms with Gasteiger partial charge in [0.25, 0.3) is 0 Å². The first-order valence-electron chi connectivity index (χ1n) is 3.87. The van der Waals surface area contributed by atoms with Crippen molar-refractivity contribution in [2.45, 2.75) is 20.1 Å². The molecule has 62 valence electrons. The Morgan fingerprint density at radius 2 is 2.18 bits per heavy atom. The highest BCUT2D eigenvalue weighted by Crippen LogP contribution is 2.34. The zero-order valence-corrected chi connectivity index (χ0v) is 6.99. The molecule has 11 heavy (non-hydrogen) atoms. The number of allylic oxidation sites excluding steroid dienone is 3. The third-order valence-electron chi connectivity index (χ3n) is 2.58. The molecule has 3 N–H and O–H groups in total. The van der Waals surface area contributed by atoms with E-state index in [1.807, 2.05) is 25.2 Å². The third kappa shape index (κ3) is 1.37. The van der Waals surface area contributed by atoms with Gasteiger partial charge in [0.05, 0.1) is 0 Å². The molecule has 0 fully saturated rings. The van der Waals surface area contributed by atoms with Crippen LogP contribution in [-0.2, 0) is 0 Å². The lowest BCUT2D eigenvalue weighted by Crippen LogP contribution is -2.42. The maximum Gasteiger partial charge on any atom is 0.111 e. The van der Waals surface area contributed by atoms with Gasteiger partial charge in [0, 0.05) is 5.41 Å². The van der Waals surface area contributed by atoms with Crippen LogP contribution in [0.25, 0.3) is 0 Å². The highest BCUT2D eigenvalue weighted by atomic mass is 16.3. The molecule has 1 rings (SSSR count). The zero-order valence-electron chi connectivity index (χ0n) is 6.99. The van der Waals surface area contributed by atoms with Gasteiger partial charge in [-0.15, -0.1) is 0 Å². The van der Waals surface area contributed by atoms with Gasteiger partial charge < -0.3 is 10.8 Å². The maximum atomic E-state index is 9.30. The molecule has 0 heterocycles. The van der Waals surface area contributed by atoms with E-state index >= 15 is 0 Å². The zero-order chi connectivity index (χ0) is 8.48. The lowest BCUT2D eigenvalue weighted by molar-refractivity contribution is 0.0515. The summed E-state index contributed by atoms with van der Waals surface area (Å²) in [6, 6.07) is 0. The normalized spacial score (nSPS) is 39.1. The first kappa shape index (κ1) is 8.50. The van der Waals surface area contributed by atoms with Crippen molar-refractivity contribution in [1.29, 1.82) is 0 Å². The van der Waals surface area contributed by atoms with Crippen molar-refractivity contribution in [3.8, 4) is 0 Å². The summed E-state index contributed by atoms with van der Waals surface area (Å²) in [6.45, 7) is 4.01. The van der Waals surface area contributed by atoms with E-state index < -0.39 is 6.23 Å². The topological polar surface area (TPSA) is 46.2 Å². The Kier molecular flexibility index (Phi) is 2.16. The predicted octanol–water partition coefficient (Wildman–Crippen LogP) is 1.03. The van der Waals surface area contributed by atoms with Crippen LogP contribution in [0.15, 0.2) is 24.3 Å². The average Bonchev–Trinajstić information content (AvgIpc) is 1.95. The van der Waals surface area contributed by atoms with Gasteiger partial charge in [0.15, 0.2) is 0 Å². The molecule has 3 atom stereocenters. The van der Waals surface area contributed by atoms with Gasteiger partial charge in [0.2, 0.25) is 0 Å². The molecular weight excluding hydrogens is 138 g/mol. The molecule has 0 amide bonds. The van der Waals surface area contributed by atoms with Gasteiger partial charge in [-0.2, -0.15) is 0 Å². The van der Waals surface area contributed by atoms with Crippen molar-refractivity contribution < 1.29 is 5.11 Å². The van der Waals surface area contributed by atoms with E-state index in [0.29, 0.717) is 5.92 Å². The molecule has 1 aliphatic rings. The van der Waals surface area contributed by atoms with Crippen molar-refractivity contribution in [2.24, 2.45) is 17.1 Å². The van der Waals surface area contributed by atoms with Crippen molar-refractivity contribution in [3.63, 3.8) is 0 Å². The molecule has 0 bridgehead atoms. The first-order valence-corrected chi connectivity index (χ1v) is 3.87. The number of hydrogen-bond donors (Lipinski definition) is 2. The van der Waals surface area contributed by atoms with Crippen molar-refractivity contribution in [3.05, 3.63) is 24.3 Å². The van der Waals surface area contributed by atoms with Crippen LogP contribution in [0.5, 0.6) is 0 Å². The molecule has 2 heteroatoms. The molecule has 1 aliphatic carbocycles. The van der Waals surface area contributed by atoms with Crippen LogP contribution in [0.2, 0.25) is 0 Å². The molecule has 0 spiro atoms. The summed E-state index contributed by atoms with van der Waals surface area (Å²) in [6.07, 6.45) is 7.14. The van der Waals surface area contributed by atoms with E-state index in [9.17, 15) is 5.11 Å². The second-order valence-corrected chi connectivity index (χ2v) is 3.34. The summed E-state index contributed by atoms with van der Waals surface area (Å²) >= 11 is 0. The fraction of sp³-hybridized carbons (Fsp3) is 0.556. The van der Waals surface area contributed by atoms with Crippen LogP contribution < -0.4 is 5.73 Å². The van der Waals surface area contributed by atoms with Gasteiger partial charge in [-0.05, 0) is 5.92 Å². The van der Waals surface area contributed by atoms with Gasteiger partial charge >= 0.3 is 0 Å². The molecule has 0 saturated carbocycles. The summed E-state index contributed by atoms with van der Waals surface area (Å²) in [5.41, 5.74) is 5.17. The predicted molar refractivity (Wildman–Crippen MR) is 45.7 cm³/mol. The van der Waals surface area contributed by atoms with Gasteiger partial charge in [-0.3, -0.25) is 0 Å². The Labute approximate surface area is 67.4 Å². The van der Waals surface area contributed by atoms with Crippen LogP contribution in [0.1, 0.15) is 13.8 Å². The van der Waals surface area contributed by atoms with E-state index in [-0.39, 0.29) is 5.41 Å². The Morgan fingerprint density at radius 1 is 1.55 bits per heavy atom. The van der Waals surface area contributed by atoms with Crippen LogP contribution >= 0.6 is 0 Å². The molecule has 0 saturated heterocycles. The van der Waals surface area contributed by atoms with E-state index in [0.717, 1.165) is 0 Å². The van der Waals surface area contributed by atoms with E-state index in [2.05, 4.69) is 13.0 Å².